The maximum atomic E-state index is 13.8. The highest BCUT2D eigenvalue weighted by molar-refractivity contribution is 6.07. The van der Waals surface area contributed by atoms with Crippen molar-refractivity contribution in [3.05, 3.63) is 160 Å². The predicted molar refractivity (Wildman–Crippen MR) is 172 cm³/mol. The number of rotatable bonds is 4. The molecule has 3 aromatic heterocycles. The van der Waals surface area contributed by atoms with E-state index in [1.54, 1.807) is 12.4 Å². The van der Waals surface area contributed by atoms with Gasteiger partial charge in [0.2, 0.25) is 0 Å². The third kappa shape index (κ3) is 3.54. The van der Waals surface area contributed by atoms with Crippen molar-refractivity contribution in [2.45, 2.75) is 0 Å². The highest BCUT2D eigenvalue weighted by Crippen LogP contribution is 2.41. The number of nitrogens with zero attached hydrogens (tertiary/aromatic N) is 3. The van der Waals surface area contributed by atoms with Crippen molar-refractivity contribution < 1.29 is 0 Å². The third-order valence-electron chi connectivity index (χ3n) is 7.99. The van der Waals surface area contributed by atoms with Crippen molar-refractivity contribution >= 4 is 55.2 Å². The van der Waals surface area contributed by atoms with Gasteiger partial charge in [-0.25, -0.2) is 0 Å². The van der Waals surface area contributed by atoms with Crippen LogP contribution in [0.2, 0.25) is 0 Å². The molecule has 5 aromatic carbocycles. The van der Waals surface area contributed by atoms with Gasteiger partial charge in [0.05, 0.1) is 33.0 Å². The van der Waals surface area contributed by atoms with E-state index >= 15 is 0 Å². The number of pyridine rings is 3. The Labute approximate surface area is 240 Å². The van der Waals surface area contributed by atoms with Crippen LogP contribution in [-0.4, -0.2) is 9.38 Å². The molecule has 0 aliphatic heterocycles. The Balaban J connectivity index is 1.50. The average molecular weight is 542 g/mol. The summed E-state index contributed by atoms with van der Waals surface area (Å²) in [5.74, 6) is 0. The van der Waals surface area contributed by atoms with Crippen molar-refractivity contribution in [1.82, 2.24) is 9.38 Å². The monoisotopic (exact) mass is 541 g/mol. The Hall–Kier alpha value is -5.81. The summed E-state index contributed by atoms with van der Waals surface area (Å²) in [5.41, 5.74) is 6.91. The standard InChI is InChI=1S/C37H23N3O2/c41-36-28-16-8-10-18-33(28)40-34-21-26(19-20-29(34)37(42)31-23-38-22-30(36)35(31)40)39(25-13-5-2-6-14-25)32-17-9-7-15-27(32)24-11-3-1-4-12-24/h1-23H. The van der Waals surface area contributed by atoms with Crippen molar-refractivity contribution in [2.24, 2.45) is 0 Å². The van der Waals surface area contributed by atoms with Gasteiger partial charge in [-0.2, -0.15) is 0 Å². The van der Waals surface area contributed by atoms with Crippen LogP contribution in [0.5, 0.6) is 0 Å². The largest absolute Gasteiger partial charge is 0.310 e. The quantitative estimate of drug-likeness (QED) is 0.167. The van der Waals surface area contributed by atoms with E-state index in [2.05, 4.69) is 62.8 Å². The Morgan fingerprint density at radius 2 is 1.14 bits per heavy atom. The van der Waals surface area contributed by atoms with E-state index in [0.29, 0.717) is 27.1 Å². The van der Waals surface area contributed by atoms with Crippen LogP contribution in [0, 0.1) is 0 Å². The molecule has 0 saturated carbocycles. The number of aromatic nitrogens is 2. The van der Waals surface area contributed by atoms with Crippen molar-refractivity contribution in [3.63, 3.8) is 0 Å². The molecule has 8 aromatic rings. The van der Waals surface area contributed by atoms with Crippen LogP contribution in [0.25, 0.3) is 49.2 Å². The normalized spacial score (nSPS) is 11.5. The van der Waals surface area contributed by atoms with Gasteiger partial charge in [-0.3, -0.25) is 14.6 Å². The third-order valence-corrected chi connectivity index (χ3v) is 7.99. The average Bonchev–Trinajstić information content (AvgIpc) is 3.06. The summed E-state index contributed by atoms with van der Waals surface area (Å²) >= 11 is 0. The molecule has 0 spiro atoms. The molecule has 5 nitrogen and oxygen atoms in total. The highest BCUT2D eigenvalue weighted by atomic mass is 16.1. The Morgan fingerprint density at radius 1 is 0.524 bits per heavy atom. The first-order valence-corrected chi connectivity index (χ1v) is 13.8. The second kappa shape index (κ2) is 9.39. The van der Waals surface area contributed by atoms with Crippen molar-refractivity contribution in [2.75, 3.05) is 4.90 Å². The summed E-state index contributed by atoms with van der Waals surface area (Å²) in [5, 5.41) is 2.03. The molecule has 198 valence electrons. The Bertz CT molecular complexity index is 2390. The fourth-order valence-corrected chi connectivity index (χ4v) is 6.12. The number of benzene rings is 5. The van der Waals surface area contributed by atoms with Gasteiger partial charge in [0.15, 0.2) is 10.9 Å². The molecular weight excluding hydrogens is 518 g/mol. The smallest absolute Gasteiger partial charge is 0.198 e. The molecule has 0 amide bonds. The van der Waals surface area contributed by atoms with Gasteiger partial charge in [-0.15, -0.1) is 0 Å². The van der Waals surface area contributed by atoms with E-state index in [9.17, 15) is 9.59 Å². The summed E-state index contributed by atoms with van der Waals surface area (Å²) in [6, 6.07) is 42.4. The number of hydrogen-bond donors (Lipinski definition) is 0. The fraction of sp³-hybridized carbons (Fsp3) is 0. The molecular formula is C37H23N3O2. The van der Waals surface area contributed by atoms with Gasteiger partial charge in [0.25, 0.3) is 0 Å². The predicted octanol–water partition coefficient (Wildman–Crippen LogP) is 8.09. The summed E-state index contributed by atoms with van der Waals surface area (Å²) in [6.45, 7) is 0. The zero-order valence-electron chi connectivity index (χ0n) is 22.4. The number of anilines is 3. The van der Waals surface area contributed by atoms with Crippen molar-refractivity contribution in [1.29, 1.82) is 0 Å². The number of para-hydroxylation sites is 3. The molecule has 42 heavy (non-hydrogen) atoms. The molecule has 0 bridgehead atoms. The zero-order chi connectivity index (χ0) is 28.2. The molecule has 0 aliphatic rings. The Kier molecular flexibility index (Phi) is 5.37. The van der Waals surface area contributed by atoms with Gasteiger partial charge in [0.1, 0.15) is 0 Å². The van der Waals surface area contributed by atoms with Crippen LogP contribution < -0.4 is 15.8 Å². The summed E-state index contributed by atoms with van der Waals surface area (Å²) in [7, 11) is 0. The Morgan fingerprint density at radius 3 is 1.90 bits per heavy atom. The number of fused-ring (bicyclic) bond motifs is 4. The lowest BCUT2D eigenvalue weighted by Crippen LogP contribution is -2.15. The lowest BCUT2D eigenvalue weighted by molar-refractivity contribution is 1.26. The highest BCUT2D eigenvalue weighted by Gasteiger charge is 2.21. The minimum atomic E-state index is -0.139. The number of hydrogen-bond acceptors (Lipinski definition) is 4. The molecule has 0 aliphatic carbocycles. The first-order chi connectivity index (χ1) is 20.7. The lowest BCUT2D eigenvalue weighted by atomic mass is 10.0. The van der Waals surface area contributed by atoms with E-state index < -0.39 is 0 Å². The molecule has 5 heteroatoms. The maximum absolute atomic E-state index is 13.8. The van der Waals surface area contributed by atoms with Crippen LogP contribution in [-0.2, 0) is 0 Å². The van der Waals surface area contributed by atoms with E-state index in [4.69, 9.17) is 0 Å². The van der Waals surface area contributed by atoms with Gasteiger partial charge in [0, 0.05) is 40.1 Å². The van der Waals surface area contributed by atoms with Crippen molar-refractivity contribution in [3.8, 4) is 11.1 Å². The van der Waals surface area contributed by atoms with Gasteiger partial charge >= 0.3 is 0 Å². The zero-order valence-corrected chi connectivity index (χ0v) is 22.4. The van der Waals surface area contributed by atoms with Crippen LogP contribution in [0.1, 0.15) is 0 Å². The van der Waals surface area contributed by atoms with E-state index in [-0.39, 0.29) is 10.9 Å². The van der Waals surface area contributed by atoms with Gasteiger partial charge in [-0.1, -0.05) is 78.9 Å². The van der Waals surface area contributed by atoms with Crippen LogP contribution in [0.15, 0.2) is 149 Å². The molecule has 8 rings (SSSR count). The lowest BCUT2D eigenvalue weighted by Gasteiger charge is -2.28. The van der Waals surface area contributed by atoms with Crippen LogP contribution in [0.3, 0.4) is 0 Å². The minimum absolute atomic E-state index is 0.124. The van der Waals surface area contributed by atoms with E-state index in [0.717, 1.165) is 39.2 Å². The second-order valence-electron chi connectivity index (χ2n) is 10.3. The molecule has 3 heterocycles. The topological polar surface area (TPSA) is 54.7 Å². The molecule has 0 unspecified atom stereocenters. The van der Waals surface area contributed by atoms with E-state index in [1.807, 2.05) is 78.9 Å². The molecule has 0 atom stereocenters. The van der Waals surface area contributed by atoms with Gasteiger partial charge in [-0.05, 0) is 54.1 Å². The summed E-state index contributed by atoms with van der Waals surface area (Å²) in [6.07, 6.45) is 3.14. The molecule has 0 N–H and O–H groups in total. The second-order valence-corrected chi connectivity index (χ2v) is 10.3. The first-order valence-electron chi connectivity index (χ1n) is 13.8. The van der Waals surface area contributed by atoms with Gasteiger partial charge < -0.3 is 9.30 Å². The molecule has 0 saturated heterocycles. The van der Waals surface area contributed by atoms with E-state index in [1.165, 1.54) is 0 Å². The van der Waals surface area contributed by atoms with Crippen LogP contribution >= 0.6 is 0 Å². The first kappa shape index (κ1) is 24.0. The minimum Gasteiger partial charge on any atom is -0.310 e. The maximum Gasteiger partial charge on any atom is 0.198 e. The molecule has 0 fully saturated rings. The molecule has 0 radical (unpaired) electrons. The summed E-state index contributed by atoms with van der Waals surface area (Å²) in [4.78, 5) is 33.8. The van der Waals surface area contributed by atoms with Crippen LogP contribution in [0.4, 0.5) is 17.1 Å². The summed E-state index contributed by atoms with van der Waals surface area (Å²) < 4.78 is 2.05. The SMILES string of the molecule is O=c1c2ccccc2n2c3cc(N(c4ccccc4)c4ccccc4-c4ccccc4)ccc3c(=O)c3cncc1c32. The fourth-order valence-electron chi connectivity index (χ4n) is 6.12.